The maximum atomic E-state index is 8.22. The summed E-state index contributed by atoms with van der Waals surface area (Å²) in [7, 11) is 0. The van der Waals surface area contributed by atoms with Crippen molar-refractivity contribution in [3.8, 4) is 0 Å². The van der Waals surface area contributed by atoms with E-state index in [0.717, 1.165) is 5.56 Å². The molecule has 0 amide bonds. The zero-order valence-electron chi connectivity index (χ0n) is 5.44. The van der Waals surface area contributed by atoms with Crippen LogP contribution in [0.1, 0.15) is 5.56 Å². The van der Waals surface area contributed by atoms with Crippen LogP contribution in [0, 0.1) is 0 Å². The van der Waals surface area contributed by atoms with Crippen LogP contribution in [0.5, 0.6) is 0 Å². The second kappa shape index (κ2) is 3.63. The molecule has 0 aromatic carbocycles. The molecule has 0 bridgehead atoms. The van der Waals surface area contributed by atoms with Crippen molar-refractivity contribution in [2.45, 2.75) is 4.21 Å². The molecular formula is C6H7NOS2. The maximum absolute atomic E-state index is 8.22. The van der Waals surface area contributed by atoms with Crippen molar-refractivity contribution in [3.05, 3.63) is 17.0 Å². The largest absolute Gasteiger partial charge is 0.411 e. The van der Waals surface area contributed by atoms with Crippen molar-refractivity contribution in [2.75, 3.05) is 6.26 Å². The first-order valence-electron chi connectivity index (χ1n) is 2.67. The summed E-state index contributed by atoms with van der Waals surface area (Å²) >= 11 is 3.31. The fourth-order valence-corrected chi connectivity index (χ4v) is 2.13. The van der Waals surface area contributed by atoms with Crippen molar-refractivity contribution >= 4 is 29.3 Å². The van der Waals surface area contributed by atoms with Crippen LogP contribution in [0.4, 0.5) is 0 Å². The van der Waals surface area contributed by atoms with Crippen LogP contribution in [0.3, 0.4) is 0 Å². The molecule has 0 unspecified atom stereocenters. The van der Waals surface area contributed by atoms with Gasteiger partial charge in [0.1, 0.15) is 0 Å². The molecule has 0 aliphatic rings. The van der Waals surface area contributed by atoms with Crippen LogP contribution in [-0.2, 0) is 0 Å². The Hall–Kier alpha value is -0.480. The molecule has 2 nitrogen and oxygen atoms in total. The van der Waals surface area contributed by atoms with Gasteiger partial charge in [-0.1, -0.05) is 5.16 Å². The van der Waals surface area contributed by atoms with Gasteiger partial charge < -0.3 is 5.21 Å². The highest BCUT2D eigenvalue weighted by Crippen LogP contribution is 2.24. The van der Waals surface area contributed by atoms with E-state index in [-0.39, 0.29) is 0 Å². The standard InChI is InChI=1S/C6H7NOS2/c1-9-6-5(4-7-8)2-3-10-6/h2-4,8H,1H3/b7-4+. The Kier molecular flexibility index (Phi) is 2.77. The monoisotopic (exact) mass is 173 g/mol. The Labute approximate surface area is 67.6 Å². The average Bonchev–Trinajstić information content (AvgIpc) is 2.36. The SMILES string of the molecule is CSc1sccc1/C=N/O. The molecule has 1 rings (SSSR count). The molecule has 0 atom stereocenters. The molecule has 0 aliphatic heterocycles. The Morgan fingerprint density at radius 3 is 3.20 bits per heavy atom. The summed E-state index contributed by atoms with van der Waals surface area (Å²) in [6.07, 6.45) is 3.45. The Morgan fingerprint density at radius 1 is 1.80 bits per heavy atom. The van der Waals surface area contributed by atoms with Gasteiger partial charge in [-0.15, -0.1) is 23.1 Å². The van der Waals surface area contributed by atoms with Crippen LogP contribution < -0.4 is 0 Å². The third-order valence-electron chi connectivity index (χ3n) is 1.04. The lowest BCUT2D eigenvalue weighted by molar-refractivity contribution is 0.322. The highest BCUT2D eigenvalue weighted by atomic mass is 32.2. The zero-order valence-corrected chi connectivity index (χ0v) is 7.08. The minimum atomic E-state index is 0.986. The molecule has 0 fully saturated rings. The van der Waals surface area contributed by atoms with Gasteiger partial charge in [0.05, 0.1) is 10.4 Å². The predicted molar refractivity (Wildman–Crippen MR) is 45.5 cm³/mol. The summed E-state index contributed by atoms with van der Waals surface area (Å²) < 4.78 is 1.18. The normalized spacial score (nSPS) is 10.9. The molecule has 10 heavy (non-hydrogen) atoms. The highest BCUT2D eigenvalue weighted by molar-refractivity contribution is 8.00. The first-order chi connectivity index (χ1) is 4.88. The van der Waals surface area contributed by atoms with Gasteiger partial charge in [-0.3, -0.25) is 0 Å². The van der Waals surface area contributed by atoms with Crippen LogP contribution in [0.2, 0.25) is 0 Å². The summed E-state index contributed by atoms with van der Waals surface area (Å²) in [4.78, 5) is 0. The zero-order chi connectivity index (χ0) is 7.40. The molecule has 1 aromatic rings. The van der Waals surface area contributed by atoms with Crippen LogP contribution in [0.15, 0.2) is 20.8 Å². The molecule has 1 heterocycles. The van der Waals surface area contributed by atoms with Crippen molar-refractivity contribution in [1.29, 1.82) is 0 Å². The number of oxime groups is 1. The van der Waals surface area contributed by atoms with E-state index in [1.165, 1.54) is 10.4 Å². The van der Waals surface area contributed by atoms with Gasteiger partial charge in [0.25, 0.3) is 0 Å². The number of thiophene rings is 1. The van der Waals surface area contributed by atoms with E-state index < -0.39 is 0 Å². The van der Waals surface area contributed by atoms with Gasteiger partial charge >= 0.3 is 0 Å². The molecule has 1 aromatic heterocycles. The molecule has 0 spiro atoms. The van der Waals surface area contributed by atoms with Crippen LogP contribution in [0.25, 0.3) is 0 Å². The molecule has 54 valence electrons. The molecule has 0 aliphatic carbocycles. The minimum Gasteiger partial charge on any atom is -0.411 e. The lowest BCUT2D eigenvalue weighted by Gasteiger charge is -1.88. The number of rotatable bonds is 2. The summed E-state index contributed by atoms with van der Waals surface area (Å²) in [5.41, 5.74) is 0.986. The van der Waals surface area contributed by atoms with Crippen molar-refractivity contribution in [2.24, 2.45) is 5.16 Å². The predicted octanol–water partition coefficient (Wildman–Crippen LogP) is 2.28. The lowest BCUT2D eigenvalue weighted by atomic mass is 10.4. The van der Waals surface area contributed by atoms with Gasteiger partial charge in [0.2, 0.25) is 0 Å². The van der Waals surface area contributed by atoms with Gasteiger partial charge in [-0.25, -0.2) is 0 Å². The van der Waals surface area contributed by atoms with Crippen molar-refractivity contribution < 1.29 is 5.21 Å². The Balaban J connectivity index is 2.90. The topological polar surface area (TPSA) is 32.6 Å². The fourth-order valence-electron chi connectivity index (χ4n) is 0.629. The maximum Gasteiger partial charge on any atom is 0.0753 e. The number of hydrogen-bond acceptors (Lipinski definition) is 4. The summed E-state index contributed by atoms with van der Waals surface area (Å²) in [6, 6.07) is 1.93. The van der Waals surface area contributed by atoms with Gasteiger partial charge in [0, 0.05) is 5.56 Å². The highest BCUT2D eigenvalue weighted by Gasteiger charge is 1.98. The summed E-state index contributed by atoms with van der Waals surface area (Å²) in [5.74, 6) is 0. The van der Waals surface area contributed by atoms with E-state index in [4.69, 9.17) is 5.21 Å². The van der Waals surface area contributed by atoms with E-state index in [9.17, 15) is 0 Å². The number of nitrogens with zero attached hydrogens (tertiary/aromatic N) is 1. The Bertz CT molecular complexity index is 231. The third kappa shape index (κ3) is 1.52. The third-order valence-corrected chi connectivity index (χ3v) is 3.16. The van der Waals surface area contributed by atoms with Crippen molar-refractivity contribution in [3.63, 3.8) is 0 Å². The molecule has 1 N–H and O–H groups in total. The van der Waals surface area contributed by atoms with Gasteiger partial charge in [-0.2, -0.15) is 0 Å². The molecule has 0 radical (unpaired) electrons. The Morgan fingerprint density at radius 2 is 2.60 bits per heavy atom. The molecular weight excluding hydrogens is 166 g/mol. The quantitative estimate of drug-likeness (QED) is 0.322. The van der Waals surface area contributed by atoms with E-state index in [0.29, 0.717) is 0 Å². The van der Waals surface area contributed by atoms with E-state index in [1.54, 1.807) is 23.1 Å². The lowest BCUT2D eigenvalue weighted by Crippen LogP contribution is -1.76. The van der Waals surface area contributed by atoms with E-state index >= 15 is 0 Å². The second-order valence-corrected chi connectivity index (χ2v) is 3.60. The van der Waals surface area contributed by atoms with Crippen LogP contribution >= 0.6 is 23.1 Å². The average molecular weight is 173 g/mol. The smallest absolute Gasteiger partial charge is 0.0753 e. The number of hydrogen-bond donors (Lipinski definition) is 1. The molecule has 0 saturated carbocycles. The molecule has 0 saturated heterocycles. The van der Waals surface area contributed by atoms with Gasteiger partial charge in [0.15, 0.2) is 0 Å². The van der Waals surface area contributed by atoms with Crippen molar-refractivity contribution in [1.82, 2.24) is 0 Å². The minimum absolute atomic E-state index is 0.986. The van der Waals surface area contributed by atoms with E-state index in [1.807, 2.05) is 17.7 Å². The first-order valence-corrected chi connectivity index (χ1v) is 4.78. The number of thioether (sulfide) groups is 1. The second-order valence-electron chi connectivity index (χ2n) is 1.61. The van der Waals surface area contributed by atoms with Gasteiger partial charge in [-0.05, 0) is 17.7 Å². The first kappa shape index (κ1) is 7.63. The summed E-state index contributed by atoms with van der Waals surface area (Å²) in [6.45, 7) is 0. The molecule has 4 heteroatoms. The fraction of sp³-hybridized carbons (Fsp3) is 0.167. The van der Waals surface area contributed by atoms with E-state index in [2.05, 4.69) is 5.16 Å². The van der Waals surface area contributed by atoms with Crippen LogP contribution in [-0.4, -0.2) is 17.7 Å². The summed E-state index contributed by atoms with van der Waals surface area (Å²) in [5, 5.41) is 13.2.